The molecule has 11 heteroatoms. The van der Waals surface area contributed by atoms with Crippen molar-refractivity contribution >= 4 is 39.3 Å². The van der Waals surface area contributed by atoms with E-state index in [2.05, 4.69) is 20.2 Å². The highest BCUT2D eigenvalue weighted by atomic mass is 32.2. The zero-order valence-electron chi connectivity index (χ0n) is 16.7. The lowest BCUT2D eigenvalue weighted by Crippen LogP contribution is -2.22. The molecule has 2 aromatic carbocycles. The van der Waals surface area contributed by atoms with Crippen LogP contribution >= 0.6 is 11.8 Å². The molecule has 3 aromatic heterocycles. The summed E-state index contributed by atoms with van der Waals surface area (Å²) in [5.74, 6) is -0.101. The molecule has 5 aromatic rings. The number of fused-ring (bicyclic) bond motifs is 4. The Morgan fingerprint density at radius 3 is 2.44 bits per heavy atom. The summed E-state index contributed by atoms with van der Waals surface area (Å²) in [5.41, 5.74) is 0.689. The smallest absolute Gasteiger partial charge is 0.277 e. The van der Waals surface area contributed by atoms with Crippen LogP contribution in [-0.4, -0.2) is 29.1 Å². The van der Waals surface area contributed by atoms with E-state index in [1.807, 2.05) is 13.0 Å². The predicted octanol–water partition coefficient (Wildman–Crippen LogP) is 4.32. The van der Waals surface area contributed by atoms with Gasteiger partial charge in [0.05, 0.1) is 22.2 Å². The summed E-state index contributed by atoms with van der Waals surface area (Å²) < 4.78 is 43.2. The number of alkyl halides is 3. The van der Waals surface area contributed by atoms with Gasteiger partial charge in [0.2, 0.25) is 11.6 Å². The van der Waals surface area contributed by atoms with Gasteiger partial charge in [-0.25, -0.2) is 9.97 Å². The molecule has 0 saturated heterocycles. The third-order valence-corrected chi connectivity index (χ3v) is 6.04. The van der Waals surface area contributed by atoms with E-state index in [0.29, 0.717) is 34.4 Å². The zero-order valence-corrected chi connectivity index (χ0v) is 17.5. The van der Waals surface area contributed by atoms with Crippen molar-refractivity contribution in [3.8, 4) is 0 Å². The number of thioether (sulfide) groups is 1. The van der Waals surface area contributed by atoms with Crippen LogP contribution in [0.5, 0.6) is 0 Å². The number of nitrogens with zero attached hydrogens (tertiary/aromatic N) is 6. The van der Waals surface area contributed by atoms with E-state index >= 15 is 0 Å². The minimum atomic E-state index is -4.66. The SMILES string of the molecule is CCn1c(=O)c2ccccc2n2c(CSc3nc(C(F)(F)F)nc4ccccc34)nnc12. The Labute approximate surface area is 182 Å². The first-order valence-corrected chi connectivity index (χ1v) is 10.7. The number of hydrogen-bond donors (Lipinski definition) is 0. The molecule has 162 valence electrons. The number of benzene rings is 2. The first-order chi connectivity index (χ1) is 15.4. The second-order valence-corrected chi connectivity index (χ2v) is 7.94. The van der Waals surface area contributed by atoms with E-state index in [9.17, 15) is 18.0 Å². The van der Waals surface area contributed by atoms with Gasteiger partial charge >= 0.3 is 6.18 Å². The van der Waals surface area contributed by atoms with Crippen molar-refractivity contribution in [3.05, 3.63) is 70.5 Å². The van der Waals surface area contributed by atoms with E-state index in [0.717, 1.165) is 11.8 Å². The van der Waals surface area contributed by atoms with Crippen LogP contribution in [0.1, 0.15) is 18.6 Å². The van der Waals surface area contributed by atoms with Crippen LogP contribution in [-0.2, 0) is 18.5 Å². The predicted molar refractivity (Wildman–Crippen MR) is 115 cm³/mol. The minimum Gasteiger partial charge on any atom is -0.277 e. The third kappa shape index (κ3) is 3.29. The van der Waals surface area contributed by atoms with Gasteiger partial charge in [-0.15, -0.1) is 10.2 Å². The van der Waals surface area contributed by atoms with Crippen LogP contribution in [0.2, 0.25) is 0 Å². The highest BCUT2D eigenvalue weighted by molar-refractivity contribution is 7.98. The minimum absolute atomic E-state index is 0.168. The van der Waals surface area contributed by atoms with Gasteiger partial charge in [-0.3, -0.25) is 13.8 Å². The molecular formula is C21H15F3N6OS. The molecule has 0 amide bonds. The standard InChI is InChI=1S/C21H15F3N6OS/c1-2-29-18(31)13-8-4-6-10-15(13)30-16(27-28-20(29)30)11-32-17-12-7-3-5-9-14(12)25-19(26-17)21(22,23)24/h3-10H,2,11H2,1H3. The molecule has 0 fully saturated rings. The van der Waals surface area contributed by atoms with Crippen LogP contribution in [0, 0.1) is 0 Å². The molecule has 0 aliphatic carbocycles. The van der Waals surface area contributed by atoms with Gasteiger partial charge in [0.15, 0.2) is 0 Å². The Bertz CT molecular complexity index is 1540. The molecule has 0 spiro atoms. The maximum atomic E-state index is 13.3. The summed E-state index contributed by atoms with van der Waals surface area (Å²) in [5, 5.41) is 9.65. The fraction of sp³-hybridized carbons (Fsp3) is 0.190. The molecule has 3 heterocycles. The van der Waals surface area contributed by atoms with Gasteiger partial charge in [-0.1, -0.05) is 42.1 Å². The van der Waals surface area contributed by atoms with Crippen LogP contribution in [0.4, 0.5) is 13.2 Å². The highest BCUT2D eigenvalue weighted by Crippen LogP contribution is 2.33. The number of para-hydroxylation sites is 2. The number of rotatable bonds is 4. The normalized spacial score (nSPS) is 12.2. The van der Waals surface area contributed by atoms with Gasteiger partial charge in [0.1, 0.15) is 10.9 Å². The van der Waals surface area contributed by atoms with E-state index in [-0.39, 0.29) is 21.9 Å². The number of hydrogen-bond acceptors (Lipinski definition) is 6. The Morgan fingerprint density at radius 1 is 0.969 bits per heavy atom. The van der Waals surface area contributed by atoms with Gasteiger partial charge in [-0.05, 0) is 25.1 Å². The van der Waals surface area contributed by atoms with Crippen molar-refractivity contribution in [2.75, 3.05) is 0 Å². The topological polar surface area (TPSA) is 78.0 Å². The van der Waals surface area contributed by atoms with E-state index < -0.39 is 12.0 Å². The lowest BCUT2D eigenvalue weighted by atomic mass is 10.2. The molecule has 0 unspecified atom stereocenters. The largest absolute Gasteiger partial charge is 0.451 e. The Morgan fingerprint density at radius 2 is 1.69 bits per heavy atom. The van der Waals surface area contributed by atoms with Crippen molar-refractivity contribution < 1.29 is 13.2 Å². The van der Waals surface area contributed by atoms with Crippen molar-refractivity contribution in [2.45, 2.75) is 30.4 Å². The Hall–Kier alpha value is -3.47. The Kier molecular flexibility index (Phi) is 4.85. The van der Waals surface area contributed by atoms with Crippen molar-refractivity contribution in [1.29, 1.82) is 0 Å². The zero-order chi connectivity index (χ0) is 22.5. The summed E-state index contributed by atoms with van der Waals surface area (Å²) in [6, 6.07) is 13.7. The average Bonchev–Trinajstić information content (AvgIpc) is 3.21. The molecule has 7 nitrogen and oxygen atoms in total. The first-order valence-electron chi connectivity index (χ1n) is 9.71. The fourth-order valence-corrected chi connectivity index (χ4v) is 4.54. The highest BCUT2D eigenvalue weighted by Gasteiger charge is 2.35. The van der Waals surface area contributed by atoms with Crippen LogP contribution < -0.4 is 5.56 Å². The lowest BCUT2D eigenvalue weighted by Gasteiger charge is -2.11. The molecular weight excluding hydrogens is 441 g/mol. The summed E-state index contributed by atoms with van der Waals surface area (Å²) in [7, 11) is 0. The van der Waals surface area contributed by atoms with E-state index in [1.165, 1.54) is 10.6 Å². The van der Waals surface area contributed by atoms with Crippen LogP contribution in [0.15, 0.2) is 58.4 Å². The molecule has 5 rings (SSSR count). The second kappa shape index (κ2) is 7.59. The van der Waals surface area contributed by atoms with Crippen LogP contribution in [0.3, 0.4) is 0 Å². The van der Waals surface area contributed by atoms with E-state index in [1.54, 1.807) is 40.8 Å². The van der Waals surface area contributed by atoms with Gasteiger partial charge in [-0.2, -0.15) is 13.2 Å². The number of aromatic nitrogens is 6. The van der Waals surface area contributed by atoms with Crippen molar-refractivity contribution in [2.24, 2.45) is 0 Å². The number of halogens is 3. The molecule has 0 aliphatic rings. The van der Waals surface area contributed by atoms with Gasteiger partial charge < -0.3 is 0 Å². The average molecular weight is 456 g/mol. The van der Waals surface area contributed by atoms with Gasteiger partial charge in [0.25, 0.3) is 5.56 Å². The molecule has 0 atom stereocenters. The lowest BCUT2D eigenvalue weighted by molar-refractivity contribution is -0.145. The van der Waals surface area contributed by atoms with Crippen molar-refractivity contribution in [3.63, 3.8) is 0 Å². The summed E-state index contributed by atoms with van der Waals surface area (Å²) >= 11 is 1.12. The summed E-state index contributed by atoms with van der Waals surface area (Å²) in [6.45, 7) is 2.24. The third-order valence-electron chi connectivity index (χ3n) is 5.05. The second-order valence-electron chi connectivity index (χ2n) is 6.97. The van der Waals surface area contributed by atoms with Gasteiger partial charge in [0, 0.05) is 11.9 Å². The summed E-state index contributed by atoms with van der Waals surface area (Å²) in [6.07, 6.45) is -4.66. The first kappa shape index (κ1) is 20.4. The molecule has 0 saturated carbocycles. The molecule has 0 radical (unpaired) electrons. The van der Waals surface area contributed by atoms with Crippen molar-refractivity contribution in [1.82, 2.24) is 29.1 Å². The maximum Gasteiger partial charge on any atom is 0.451 e. The quantitative estimate of drug-likeness (QED) is 0.296. The van der Waals surface area contributed by atoms with E-state index in [4.69, 9.17) is 0 Å². The Balaban J connectivity index is 1.64. The molecule has 0 N–H and O–H groups in total. The molecule has 0 aliphatic heterocycles. The summed E-state index contributed by atoms with van der Waals surface area (Å²) in [4.78, 5) is 20.2. The molecule has 0 bridgehead atoms. The van der Waals surface area contributed by atoms with Crippen LogP contribution in [0.25, 0.3) is 27.6 Å². The molecule has 32 heavy (non-hydrogen) atoms. The number of aryl methyl sites for hydroxylation is 1. The monoisotopic (exact) mass is 456 g/mol. The fourth-order valence-electron chi connectivity index (χ4n) is 3.61. The maximum absolute atomic E-state index is 13.3.